The number of hydrogen-bond donors (Lipinski definition) is 4. The molecule has 2 heterocycles. The molecule has 1 saturated heterocycles. The van der Waals surface area contributed by atoms with Gasteiger partial charge in [-0.1, -0.05) is 17.7 Å². The van der Waals surface area contributed by atoms with E-state index in [1.165, 1.54) is 19.2 Å². The van der Waals surface area contributed by atoms with Crippen molar-refractivity contribution in [3.05, 3.63) is 58.4 Å². The average molecular weight is 554 g/mol. The van der Waals surface area contributed by atoms with Crippen LogP contribution in [0.2, 0.25) is 5.02 Å². The van der Waals surface area contributed by atoms with Gasteiger partial charge in [0.2, 0.25) is 11.7 Å². The number of amides is 4. The monoisotopic (exact) mass is 553 g/mol. The molecule has 0 unspecified atom stereocenters. The number of anilines is 1. The molecule has 1 aromatic heterocycles. The Balaban J connectivity index is 1.86. The van der Waals surface area contributed by atoms with Crippen LogP contribution in [0.1, 0.15) is 46.3 Å². The van der Waals surface area contributed by atoms with E-state index in [-0.39, 0.29) is 34.6 Å². The van der Waals surface area contributed by atoms with Crippen LogP contribution in [0.15, 0.2) is 36.4 Å². The highest BCUT2D eigenvalue weighted by Gasteiger charge is 2.36. The molecule has 0 radical (unpaired) electrons. The Morgan fingerprint density at radius 3 is 2.47 bits per heavy atom. The first-order valence-electron chi connectivity index (χ1n) is 11.3. The number of ketones is 1. The Labute approximate surface area is 219 Å². The lowest BCUT2D eigenvalue weighted by molar-refractivity contribution is -0.141. The topological polar surface area (TPSA) is 146 Å². The molecule has 0 bridgehead atoms. The maximum Gasteiger partial charge on any atom is 0.433 e. The van der Waals surface area contributed by atoms with Crippen molar-refractivity contribution in [2.24, 2.45) is 5.92 Å². The molecule has 202 valence electrons. The number of pyridine rings is 1. The Kier molecular flexibility index (Phi) is 8.71. The van der Waals surface area contributed by atoms with Gasteiger partial charge in [-0.05, 0) is 50.1 Å². The Morgan fingerprint density at radius 1 is 1.16 bits per heavy atom. The quantitative estimate of drug-likeness (QED) is 0.369. The molecule has 1 aromatic carbocycles. The van der Waals surface area contributed by atoms with Gasteiger partial charge in [-0.25, -0.2) is 4.98 Å². The summed E-state index contributed by atoms with van der Waals surface area (Å²) in [5.74, 6) is -4.92. The standard InChI is InChI=1S/C24H23ClF3N5O5/c1-11-8-12(20(35)30-11)9-17(19(34)23(38)29-2)33-21(36)14-10-13(25)6-7-15(14)32-22(37)16-4-3-5-18(31-16)24(26,27)28/h3-7,10-12,17H,8-9H2,1-2H3,(H,29,38)(H,30,35)(H,32,37)(H,33,36)/t11-,12+,17+/m1/s1. The highest BCUT2D eigenvalue weighted by Crippen LogP contribution is 2.28. The lowest BCUT2D eigenvalue weighted by atomic mass is 9.93. The number of carbonyl (C=O) groups is 5. The summed E-state index contributed by atoms with van der Waals surface area (Å²) in [5.41, 5.74) is -2.22. The normalized spacial score (nSPS) is 17.8. The highest BCUT2D eigenvalue weighted by molar-refractivity contribution is 6.38. The van der Waals surface area contributed by atoms with E-state index in [4.69, 9.17) is 11.6 Å². The van der Waals surface area contributed by atoms with Gasteiger partial charge in [0.15, 0.2) is 0 Å². The Hall–Kier alpha value is -4.00. The van der Waals surface area contributed by atoms with Gasteiger partial charge in [-0.15, -0.1) is 0 Å². The molecular formula is C24H23ClF3N5O5. The van der Waals surface area contributed by atoms with E-state index in [9.17, 15) is 37.1 Å². The molecule has 38 heavy (non-hydrogen) atoms. The van der Waals surface area contributed by atoms with Crippen LogP contribution in [-0.2, 0) is 20.6 Å². The molecule has 0 aliphatic carbocycles. The van der Waals surface area contributed by atoms with Gasteiger partial charge in [0.1, 0.15) is 11.4 Å². The number of nitrogens with one attached hydrogen (secondary N) is 4. The van der Waals surface area contributed by atoms with Gasteiger partial charge < -0.3 is 21.3 Å². The molecule has 4 amide bonds. The summed E-state index contributed by atoms with van der Waals surface area (Å²) in [6, 6.07) is 4.95. The van der Waals surface area contributed by atoms with Crippen molar-refractivity contribution in [3.63, 3.8) is 0 Å². The minimum atomic E-state index is -4.78. The summed E-state index contributed by atoms with van der Waals surface area (Å²) in [6.07, 6.45) is -4.55. The van der Waals surface area contributed by atoms with Crippen LogP contribution in [0.3, 0.4) is 0 Å². The molecule has 1 aliphatic heterocycles. The van der Waals surface area contributed by atoms with Crippen LogP contribution >= 0.6 is 11.6 Å². The smallest absolute Gasteiger partial charge is 0.353 e. The summed E-state index contributed by atoms with van der Waals surface area (Å²) in [5, 5.41) is 9.69. The molecule has 14 heteroatoms. The first-order chi connectivity index (χ1) is 17.8. The fourth-order valence-corrected chi connectivity index (χ4v) is 4.08. The molecular weight excluding hydrogens is 531 g/mol. The zero-order chi connectivity index (χ0) is 28.2. The van der Waals surface area contributed by atoms with Gasteiger partial charge in [0.05, 0.1) is 17.3 Å². The molecule has 1 aliphatic rings. The van der Waals surface area contributed by atoms with Crippen LogP contribution in [0.4, 0.5) is 18.9 Å². The molecule has 2 aromatic rings. The first-order valence-corrected chi connectivity index (χ1v) is 11.7. The van der Waals surface area contributed by atoms with Crippen molar-refractivity contribution in [2.45, 2.75) is 38.0 Å². The van der Waals surface area contributed by atoms with E-state index >= 15 is 0 Å². The third-order valence-electron chi connectivity index (χ3n) is 5.74. The maximum absolute atomic E-state index is 13.2. The van der Waals surface area contributed by atoms with Crippen molar-refractivity contribution in [2.75, 3.05) is 12.4 Å². The molecule has 4 N–H and O–H groups in total. The van der Waals surface area contributed by atoms with Gasteiger partial charge >= 0.3 is 6.18 Å². The second-order valence-corrected chi connectivity index (χ2v) is 9.03. The summed E-state index contributed by atoms with van der Waals surface area (Å²) in [4.78, 5) is 66.1. The number of hydrogen-bond acceptors (Lipinski definition) is 6. The molecule has 10 nitrogen and oxygen atoms in total. The molecule has 3 rings (SSSR count). The van der Waals surface area contributed by atoms with Crippen LogP contribution in [0.5, 0.6) is 0 Å². The van der Waals surface area contributed by atoms with Crippen LogP contribution < -0.4 is 21.3 Å². The molecule has 3 atom stereocenters. The number of likely N-dealkylation sites (N-methyl/N-ethyl adjacent to an activating group) is 1. The zero-order valence-electron chi connectivity index (χ0n) is 20.1. The van der Waals surface area contributed by atoms with E-state index < -0.39 is 53.0 Å². The fourth-order valence-electron chi connectivity index (χ4n) is 3.91. The predicted octanol–water partition coefficient (Wildman–Crippen LogP) is 2.33. The number of aromatic nitrogens is 1. The van der Waals surface area contributed by atoms with E-state index in [0.717, 1.165) is 18.2 Å². The number of nitrogens with zero attached hydrogens (tertiary/aromatic N) is 1. The van der Waals surface area contributed by atoms with Crippen molar-refractivity contribution in [1.82, 2.24) is 20.9 Å². The highest BCUT2D eigenvalue weighted by atomic mass is 35.5. The minimum absolute atomic E-state index is 0.0727. The van der Waals surface area contributed by atoms with Crippen molar-refractivity contribution >= 4 is 46.7 Å². The SMILES string of the molecule is CNC(=O)C(=O)[C@H](C[C@@H]1C[C@@H](C)NC1=O)NC(=O)c1cc(Cl)ccc1NC(=O)c1cccc(C(F)(F)F)n1. The zero-order valence-corrected chi connectivity index (χ0v) is 20.9. The van der Waals surface area contributed by atoms with Crippen molar-refractivity contribution in [1.29, 1.82) is 0 Å². The van der Waals surface area contributed by atoms with E-state index in [0.29, 0.717) is 12.5 Å². The summed E-state index contributed by atoms with van der Waals surface area (Å²) in [7, 11) is 1.23. The molecule has 0 saturated carbocycles. The van der Waals surface area contributed by atoms with E-state index in [1.807, 2.05) is 0 Å². The first kappa shape index (κ1) is 28.6. The van der Waals surface area contributed by atoms with Crippen molar-refractivity contribution < 1.29 is 37.1 Å². The summed E-state index contributed by atoms with van der Waals surface area (Å²) >= 11 is 6.02. The van der Waals surface area contributed by atoms with E-state index in [1.54, 1.807) is 6.92 Å². The predicted molar refractivity (Wildman–Crippen MR) is 129 cm³/mol. The Bertz CT molecular complexity index is 1290. The number of halogens is 4. The number of rotatable bonds is 8. The van der Waals surface area contributed by atoms with E-state index in [2.05, 4.69) is 26.3 Å². The lowest BCUT2D eigenvalue weighted by Gasteiger charge is -2.20. The van der Waals surface area contributed by atoms with Crippen LogP contribution in [-0.4, -0.2) is 53.5 Å². The third kappa shape index (κ3) is 6.85. The second-order valence-electron chi connectivity index (χ2n) is 8.60. The number of carbonyl (C=O) groups excluding carboxylic acids is 5. The minimum Gasteiger partial charge on any atom is -0.353 e. The fraction of sp³-hybridized carbons (Fsp3) is 0.333. The van der Waals surface area contributed by atoms with Gasteiger partial charge in [-0.2, -0.15) is 13.2 Å². The van der Waals surface area contributed by atoms with Crippen LogP contribution in [0, 0.1) is 5.92 Å². The van der Waals surface area contributed by atoms with Crippen LogP contribution in [0.25, 0.3) is 0 Å². The largest absolute Gasteiger partial charge is 0.433 e. The average Bonchev–Trinajstić information content (AvgIpc) is 3.19. The Morgan fingerprint density at radius 2 is 1.87 bits per heavy atom. The number of Topliss-reactive ketones (excluding diaryl/α,β-unsaturated/α-hetero) is 1. The molecule has 0 spiro atoms. The summed E-state index contributed by atoms with van der Waals surface area (Å²) < 4.78 is 39.0. The maximum atomic E-state index is 13.2. The molecule has 1 fully saturated rings. The second kappa shape index (κ2) is 11.6. The van der Waals surface area contributed by atoms with Gasteiger partial charge in [0.25, 0.3) is 17.7 Å². The number of benzene rings is 1. The third-order valence-corrected chi connectivity index (χ3v) is 5.97. The van der Waals surface area contributed by atoms with Gasteiger partial charge in [0, 0.05) is 24.0 Å². The van der Waals surface area contributed by atoms with Crippen molar-refractivity contribution in [3.8, 4) is 0 Å². The number of alkyl halides is 3. The van der Waals surface area contributed by atoms with Gasteiger partial charge in [-0.3, -0.25) is 24.0 Å². The lowest BCUT2D eigenvalue weighted by Crippen LogP contribution is -2.48. The summed E-state index contributed by atoms with van der Waals surface area (Å²) in [6.45, 7) is 1.77.